The molecule has 1 aromatic heterocycles. The molecular weight excluding hydrogens is 618 g/mol. The second-order valence-electron chi connectivity index (χ2n) is 11.9. The van der Waals surface area contributed by atoms with Crippen molar-refractivity contribution in [3.63, 3.8) is 0 Å². The molecule has 0 spiro atoms. The molecule has 3 N–H and O–H groups in total. The SMILES string of the molecule is CCOC(OCC)C(C)N(Cc1cccc2cccnc12)C(=O)C(CC(=O)OC(C)(C)C)NC(=O)CONC(=O)NCc1ccccc1. The average Bonchev–Trinajstić information content (AvgIpc) is 3.05. The maximum absolute atomic E-state index is 14.4. The van der Waals surface area contributed by atoms with Gasteiger partial charge in [0.05, 0.1) is 18.0 Å². The summed E-state index contributed by atoms with van der Waals surface area (Å²) in [6.45, 7) is 10.9. The maximum Gasteiger partial charge on any atom is 0.338 e. The minimum atomic E-state index is -1.35. The Hall–Kier alpha value is -4.59. The fourth-order valence-corrected chi connectivity index (χ4v) is 4.87. The molecule has 1 heterocycles. The van der Waals surface area contributed by atoms with Crippen LogP contribution in [0.4, 0.5) is 4.79 Å². The van der Waals surface area contributed by atoms with E-state index in [1.54, 1.807) is 33.9 Å². The summed E-state index contributed by atoms with van der Waals surface area (Å²) in [5.74, 6) is -2.01. The first-order chi connectivity index (χ1) is 22.9. The van der Waals surface area contributed by atoms with Gasteiger partial charge in [-0.25, -0.2) is 10.3 Å². The molecule has 260 valence electrons. The Kier molecular flexibility index (Phi) is 14.7. The van der Waals surface area contributed by atoms with Crippen LogP contribution in [0.2, 0.25) is 0 Å². The summed E-state index contributed by atoms with van der Waals surface area (Å²) < 4.78 is 17.2. The summed E-state index contributed by atoms with van der Waals surface area (Å²) in [5, 5.41) is 6.10. The highest BCUT2D eigenvalue weighted by molar-refractivity contribution is 5.92. The van der Waals surface area contributed by atoms with E-state index in [0.717, 1.165) is 16.5 Å². The Morgan fingerprint density at radius 2 is 1.60 bits per heavy atom. The number of ether oxygens (including phenoxy) is 3. The highest BCUT2D eigenvalue weighted by Crippen LogP contribution is 2.22. The number of nitrogens with zero attached hydrogens (tertiary/aromatic N) is 2. The lowest BCUT2D eigenvalue weighted by Crippen LogP contribution is -2.55. The fraction of sp³-hybridized carbons (Fsp3) is 0.457. The molecule has 0 radical (unpaired) electrons. The third-order valence-electron chi connectivity index (χ3n) is 6.98. The van der Waals surface area contributed by atoms with Gasteiger partial charge in [0.2, 0.25) is 11.8 Å². The summed E-state index contributed by atoms with van der Waals surface area (Å²) in [4.78, 5) is 63.8. The van der Waals surface area contributed by atoms with E-state index in [9.17, 15) is 19.2 Å². The molecule has 2 aromatic carbocycles. The average molecular weight is 666 g/mol. The van der Waals surface area contributed by atoms with Crippen molar-refractivity contribution in [3.05, 3.63) is 78.0 Å². The topological polar surface area (TPSA) is 157 Å². The minimum Gasteiger partial charge on any atom is -0.460 e. The zero-order valence-electron chi connectivity index (χ0n) is 28.5. The van der Waals surface area contributed by atoms with Gasteiger partial charge in [0.15, 0.2) is 12.9 Å². The number of hydrogen-bond acceptors (Lipinski definition) is 9. The Morgan fingerprint density at radius 1 is 0.917 bits per heavy atom. The van der Waals surface area contributed by atoms with Crippen molar-refractivity contribution in [1.29, 1.82) is 0 Å². The van der Waals surface area contributed by atoms with Gasteiger partial charge in [0.25, 0.3) is 0 Å². The van der Waals surface area contributed by atoms with E-state index in [0.29, 0.717) is 18.7 Å². The summed E-state index contributed by atoms with van der Waals surface area (Å²) in [7, 11) is 0. The number of urea groups is 1. The van der Waals surface area contributed by atoms with Crippen molar-refractivity contribution in [1.82, 2.24) is 26.0 Å². The molecule has 48 heavy (non-hydrogen) atoms. The lowest BCUT2D eigenvalue weighted by molar-refractivity contribution is -0.180. The number of hydrogen-bond donors (Lipinski definition) is 3. The number of para-hydroxylation sites is 1. The van der Waals surface area contributed by atoms with Gasteiger partial charge in [-0.3, -0.25) is 24.2 Å². The van der Waals surface area contributed by atoms with Crippen molar-refractivity contribution in [2.24, 2.45) is 0 Å². The molecule has 0 saturated heterocycles. The van der Waals surface area contributed by atoms with Crippen LogP contribution in [0.15, 0.2) is 66.9 Å². The quantitative estimate of drug-likeness (QED) is 0.110. The van der Waals surface area contributed by atoms with Gasteiger partial charge in [0.1, 0.15) is 11.6 Å². The number of carbonyl (C=O) groups excluding carboxylic acids is 4. The predicted molar refractivity (Wildman–Crippen MR) is 179 cm³/mol. The second-order valence-corrected chi connectivity index (χ2v) is 11.9. The Balaban J connectivity index is 1.82. The van der Waals surface area contributed by atoms with Crippen LogP contribution in [0.5, 0.6) is 0 Å². The van der Waals surface area contributed by atoms with Gasteiger partial charge in [-0.05, 0) is 58.7 Å². The smallest absolute Gasteiger partial charge is 0.338 e. The number of pyridine rings is 1. The first-order valence-electron chi connectivity index (χ1n) is 16.0. The third kappa shape index (κ3) is 12.2. The van der Waals surface area contributed by atoms with E-state index < -0.39 is 60.8 Å². The van der Waals surface area contributed by atoms with Crippen molar-refractivity contribution >= 4 is 34.7 Å². The highest BCUT2D eigenvalue weighted by Gasteiger charge is 2.36. The van der Waals surface area contributed by atoms with E-state index in [1.165, 1.54) is 4.90 Å². The molecule has 13 nitrogen and oxygen atoms in total. The number of esters is 1. The zero-order valence-corrected chi connectivity index (χ0v) is 28.5. The van der Waals surface area contributed by atoms with Gasteiger partial charge in [-0.15, -0.1) is 0 Å². The standard InChI is InChI=1S/C35H47N5O8/c1-7-45-33(46-8-2)24(3)40(22-27-17-12-16-26-18-13-19-36-31(26)27)32(43)28(20-30(42)48-35(4,5)6)38-29(41)23-47-39-34(44)37-21-25-14-10-9-11-15-25/h9-19,24,28,33H,7-8,20-23H2,1-6H3,(H,38,41)(H2,37,39,44). The van der Waals surface area contributed by atoms with Crippen LogP contribution < -0.4 is 16.1 Å². The normalized spacial score (nSPS) is 12.6. The number of aromatic nitrogens is 1. The molecule has 3 rings (SSSR count). The van der Waals surface area contributed by atoms with Gasteiger partial charge < -0.3 is 29.7 Å². The van der Waals surface area contributed by atoms with Crippen LogP contribution in [-0.2, 0) is 46.5 Å². The highest BCUT2D eigenvalue weighted by atomic mass is 16.7. The molecule has 0 aliphatic heterocycles. The van der Waals surface area contributed by atoms with E-state index in [4.69, 9.17) is 19.0 Å². The van der Waals surface area contributed by atoms with E-state index in [-0.39, 0.29) is 13.1 Å². The minimum absolute atomic E-state index is 0.0747. The van der Waals surface area contributed by atoms with Gasteiger partial charge >= 0.3 is 12.0 Å². The van der Waals surface area contributed by atoms with Gasteiger partial charge in [-0.2, -0.15) is 0 Å². The number of hydroxylamine groups is 1. The molecule has 2 atom stereocenters. The van der Waals surface area contributed by atoms with E-state index in [1.807, 2.05) is 74.5 Å². The lowest BCUT2D eigenvalue weighted by atomic mass is 10.1. The number of benzene rings is 2. The molecule has 0 bridgehead atoms. The Labute approximate surface area is 281 Å². The molecule has 0 saturated carbocycles. The predicted octanol–water partition coefficient (Wildman–Crippen LogP) is 4.00. The number of rotatable bonds is 17. The molecule has 3 aromatic rings. The molecule has 0 aliphatic carbocycles. The fourth-order valence-electron chi connectivity index (χ4n) is 4.87. The number of carbonyl (C=O) groups is 4. The van der Waals surface area contributed by atoms with E-state index >= 15 is 0 Å². The summed E-state index contributed by atoms with van der Waals surface area (Å²) in [6, 6.07) is 16.0. The summed E-state index contributed by atoms with van der Waals surface area (Å²) >= 11 is 0. The second kappa shape index (κ2) is 18.7. The molecule has 4 amide bonds. The molecule has 13 heteroatoms. The van der Waals surface area contributed by atoms with Crippen molar-refractivity contribution in [2.75, 3.05) is 19.8 Å². The Bertz CT molecular complexity index is 1490. The summed E-state index contributed by atoms with van der Waals surface area (Å²) in [5.41, 5.74) is 3.65. The van der Waals surface area contributed by atoms with Crippen molar-refractivity contribution in [3.8, 4) is 0 Å². The van der Waals surface area contributed by atoms with Gasteiger partial charge in [0, 0.05) is 37.9 Å². The number of nitrogens with one attached hydrogen (secondary N) is 3. The molecule has 2 unspecified atom stereocenters. The molecule has 0 fully saturated rings. The van der Waals surface area contributed by atoms with Crippen molar-refractivity contribution < 1.29 is 38.2 Å². The van der Waals surface area contributed by atoms with Crippen LogP contribution in [0.1, 0.15) is 59.1 Å². The lowest BCUT2D eigenvalue weighted by Gasteiger charge is -2.36. The molecular formula is C35H47N5O8. The van der Waals surface area contributed by atoms with Crippen LogP contribution in [0, 0.1) is 0 Å². The zero-order chi connectivity index (χ0) is 35.1. The van der Waals surface area contributed by atoms with Crippen molar-refractivity contribution in [2.45, 2.75) is 85.0 Å². The maximum atomic E-state index is 14.4. The number of amides is 4. The van der Waals surface area contributed by atoms with Crippen LogP contribution >= 0.6 is 0 Å². The monoisotopic (exact) mass is 665 g/mol. The van der Waals surface area contributed by atoms with Crippen LogP contribution in [-0.4, -0.2) is 77.5 Å². The first kappa shape index (κ1) is 37.9. The first-order valence-corrected chi connectivity index (χ1v) is 16.0. The summed E-state index contributed by atoms with van der Waals surface area (Å²) in [6.07, 6.45) is 0.413. The van der Waals surface area contributed by atoms with Crippen LogP contribution in [0.25, 0.3) is 10.9 Å². The van der Waals surface area contributed by atoms with E-state index in [2.05, 4.69) is 21.1 Å². The third-order valence-corrected chi connectivity index (χ3v) is 6.98. The van der Waals surface area contributed by atoms with Crippen LogP contribution in [0.3, 0.4) is 0 Å². The largest absolute Gasteiger partial charge is 0.460 e. The number of fused-ring (bicyclic) bond motifs is 1. The van der Waals surface area contributed by atoms with Gasteiger partial charge in [-0.1, -0.05) is 54.6 Å². The molecule has 0 aliphatic rings. The Morgan fingerprint density at radius 3 is 2.27 bits per heavy atom.